The first-order chi connectivity index (χ1) is 13.7. The minimum absolute atomic E-state index is 0.119. The number of para-hydroxylation sites is 1. The van der Waals surface area contributed by atoms with Crippen molar-refractivity contribution in [3.8, 4) is 17.2 Å². The molecule has 6 nitrogen and oxygen atoms in total. The van der Waals surface area contributed by atoms with Gasteiger partial charge in [0, 0.05) is 17.8 Å². The summed E-state index contributed by atoms with van der Waals surface area (Å²) in [5.74, 6) is 2.45. The fraction of sp³-hybridized carbons (Fsp3) is 0.286. The Morgan fingerprint density at radius 2 is 2.04 bits per heavy atom. The lowest BCUT2D eigenvalue weighted by molar-refractivity contribution is -0.117. The average molecular weight is 395 g/mol. The molecule has 1 aliphatic rings. The number of benzene rings is 2. The molecule has 0 spiro atoms. The highest BCUT2D eigenvalue weighted by Gasteiger charge is 2.28. The summed E-state index contributed by atoms with van der Waals surface area (Å²) in [7, 11) is 1.63. The number of methoxy groups -OCH3 is 1. The molecule has 0 fully saturated rings. The van der Waals surface area contributed by atoms with Gasteiger partial charge < -0.3 is 14.2 Å². The first-order valence-electron chi connectivity index (χ1n) is 9.13. The van der Waals surface area contributed by atoms with Crippen LogP contribution < -0.4 is 9.64 Å². The van der Waals surface area contributed by atoms with Gasteiger partial charge in [-0.15, -0.1) is 11.8 Å². The van der Waals surface area contributed by atoms with Gasteiger partial charge in [-0.25, -0.2) is 0 Å². The highest BCUT2D eigenvalue weighted by molar-refractivity contribution is 7.99. The molecule has 0 aliphatic carbocycles. The number of rotatable bonds is 6. The first kappa shape index (κ1) is 18.6. The number of thioether (sulfide) groups is 1. The van der Waals surface area contributed by atoms with Crippen LogP contribution in [-0.2, 0) is 17.0 Å². The number of hydrogen-bond acceptors (Lipinski definition) is 6. The molecule has 1 amide bonds. The molecule has 28 heavy (non-hydrogen) atoms. The Hall–Kier alpha value is -2.80. The second-order valence-corrected chi connectivity index (χ2v) is 7.90. The maximum Gasteiger partial charge on any atom is 0.257 e. The van der Waals surface area contributed by atoms with E-state index >= 15 is 0 Å². The number of anilines is 1. The van der Waals surface area contributed by atoms with Gasteiger partial charge in [-0.05, 0) is 49.2 Å². The summed E-state index contributed by atoms with van der Waals surface area (Å²) in [6.45, 7) is 2.67. The van der Waals surface area contributed by atoms with E-state index < -0.39 is 0 Å². The Balaban J connectivity index is 1.37. The summed E-state index contributed by atoms with van der Waals surface area (Å²) < 4.78 is 10.5. The van der Waals surface area contributed by atoms with Crippen molar-refractivity contribution in [2.75, 3.05) is 18.6 Å². The van der Waals surface area contributed by atoms with E-state index in [0.29, 0.717) is 17.5 Å². The van der Waals surface area contributed by atoms with Crippen molar-refractivity contribution in [2.45, 2.75) is 24.3 Å². The zero-order valence-electron chi connectivity index (χ0n) is 15.8. The number of nitrogens with zero attached hydrogens (tertiary/aromatic N) is 3. The molecular weight excluding hydrogens is 374 g/mol. The highest BCUT2D eigenvalue weighted by atomic mass is 32.2. The van der Waals surface area contributed by atoms with Crippen molar-refractivity contribution in [2.24, 2.45) is 0 Å². The molecule has 0 radical (unpaired) electrons. The van der Waals surface area contributed by atoms with Crippen LogP contribution in [0.15, 0.2) is 53.1 Å². The van der Waals surface area contributed by atoms with Gasteiger partial charge in [-0.2, -0.15) is 4.98 Å². The third-order valence-electron chi connectivity index (χ3n) is 4.77. The highest BCUT2D eigenvalue weighted by Crippen LogP contribution is 2.30. The lowest BCUT2D eigenvalue weighted by Crippen LogP contribution is -2.35. The number of ether oxygens (including phenoxy) is 1. The van der Waals surface area contributed by atoms with Crippen LogP contribution in [0.3, 0.4) is 0 Å². The molecule has 4 rings (SSSR count). The zero-order valence-corrected chi connectivity index (χ0v) is 16.6. The average Bonchev–Trinajstić information content (AvgIpc) is 3.39. The van der Waals surface area contributed by atoms with E-state index in [2.05, 4.69) is 16.2 Å². The van der Waals surface area contributed by atoms with Crippen molar-refractivity contribution < 1.29 is 14.1 Å². The van der Waals surface area contributed by atoms with Gasteiger partial charge in [0.15, 0.2) is 5.82 Å². The SMILES string of the molecule is COc1ccc(-c2nc(CSC(C)C(=O)N3CCc4ccccc43)no2)cc1. The molecule has 1 aliphatic heterocycles. The topological polar surface area (TPSA) is 68.5 Å². The number of aromatic nitrogens is 2. The fourth-order valence-corrected chi connectivity index (χ4v) is 4.01. The van der Waals surface area contributed by atoms with Gasteiger partial charge >= 0.3 is 0 Å². The van der Waals surface area contributed by atoms with Gasteiger partial charge in [0.25, 0.3) is 5.89 Å². The molecule has 2 heterocycles. The summed E-state index contributed by atoms with van der Waals surface area (Å²) in [5, 5.41) is 3.85. The Bertz CT molecular complexity index is 971. The van der Waals surface area contributed by atoms with Gasteiger partial charge in [0.2, 0.25) is 5.91 Å². The molecule has 0 saturated carbocycles. The monoisotopic (exact) mass is 395 g/mol. The Labute approximate surface area is 167 Å². The largest absolute Gasteiger partial charge is 0.497 e. The Morgan fingerprint density at radius 3 is 2.82 bits per heavy atom. The van der Waals surface area contributed by atoms with E-state index in [1.807, 2.05) is 54.3 Å². The summed E-state index contributed by atoms with van der Waals surface area (Å²) in [6.07, 6.45) is 0.912. The van der Waals surface area contributed by atoms with E-state index in [1.54, 1.807) is 7.11 Å². The van der Waals surface area contributed by atoms with Crippen LogP contribution in [0.2, 0.25) is 0 Å². The van der Waals surface area contributed by atoms with Gasteiger partial charge in [-0.3, -0.25) is 4.79 Å². The van der Waals surface area contributed by atoms with Crippen LogP contribution in [0.25, 0.3) is 11.5 Å². The molecule has 3 aromatic rings. The summed E-state index contributed by atoms with van der Waals surface area (Å²) in [4.78, 5) is 19.2. The quantitative estimate of drug-likeness (QED) is 0.629. The maximum atomic E-state index is 12.8. The van der Waals surface area contributed by atoms with Crippen molar-refractivity contribution in [3.05, 3.63) is 59.9 Å². The predicted octanol–water partition coefficient (Wildman–Crippen LogP) is 3.96. The Kier molecular flexibility index (Phi) is 5.34. The van der Waals surface area contributed by atoms with Crippen LogP contribution in [0.5, 0.6) is 5.75 Å². The van der Waals surface area contributed by atoms with E-state index in [-0.39, 0.29) is 11.2 Å². The van der Waals surface area contributed by atoms with Gasteiger partial charge in [-0.1, -0.05) is 23.4 Å². The molecule has 1 atom stereocenters. The predicted molar refractivity (Wildman–Crippen MR) is 110 cm³/mol. The Morgan fingerprint density at radius 1 is 1.25 bits per heavy atom. The third kappa shape index (κ3) is 3.75. The molecule has 2 aromatic carbocycles. The molecule has 1 unspecified atom stereocenters. The van der Waals surface area contributed by atoms with Crippen LogP contribution in [-0.4, -0.2) is 35.0 Å². The van der Waals surface area contributed by atoms with Gasteiger partial charge in [0.1, 0.15) is 5.75 Å². The second-order valence-electron chi connectivity index (χ2n) is 6.57. The zero-order chi connectivity index (χ0) is 19.5. The molecule has 7 heteroatoms. The molecule has 1 aromatic heterocycles. The minimum Gasteiger partial charge on any atom is -0.497 e. The normalized spacial score (nSPS) is 14.0. The van der Waals surface area contributed by atoms with E-state index in [4.69, 9.17) is 9.26 Å². The smallest absolute Gasteiger partial charge is 0.257 e. The number of fused-ring (bicyclic) bond motifs is 1. The first-order valence-corrected chi connectivity index (χ1v) is 10.2. The van der Waals surface area contributed by atoms with E-state index in [9.17, 15) is 4.79 Å². The van der Waals surface area contributed by atoms with Crippen LogP contribution in [0.4, 0.5) is 5.69 Å². The van der Waals surface area contributed by atoms with Crippen molar-refractivity contribution in [1.29, 1.82) is 0 Å². The minimum atomic E-state index is -0.186. The standard InChI is InChI=1S/C21H21N3O3S/c1-14(21(25)24-12-11-15-5-3-4-6-18(15)24)28-13-19-22-20(27-23-19)16-7-9-17(26-2)10-8-16/h3-10,14H,11-13H2,1-2H3. The van der Waals surface area contributed by atoms with Crippen molar-refractivity contribution in [1.82, 2.24) is 10.1 Å². The number of carbonyl (C=O) groups is 1. The molecule has 144 valence electrons. The summed E-state index contributed by atoms with van der Waals surface area (Å²) in [6, 6.07) is 15.5. The number of carbonyl (C=O) groups excluding carboxylic acids is 1. The summed E-state index contributed by atoms with van der Waals surface area (Å²) >= 11 is 1.52. The van der Waals surface area contributed by atoms with Crippen molar-refractivity contribution in [3.63, 3.8) is 0 Å². The fourth-order valence-electron chi connectivity index (χ4n) is 3.22. The number of hydrogen-bond donors (Lipinski definition) is 0. The lowest BCUT2D eigenvalue weighted by atomic mass is 10.2. The lowest BCUT2D eigenvalue weighted by Gasteiger charge is -2.21. The molecular formula is C21H21N3O3S. The van der Waals surface area contributed by atoms with E-state index in [0.717, 1.165) is 30.0 Å². The van der Waals surface area contributed by atoms with Crippen molar-refractivity contribution >= 4 is 23.4 Å². The number of amides is 1. The van der Waals surface area contributed by atoms with Gasteiger partial charge in [0.05, 0.1) is 18.1 Å². The van der Waals surface area contributed by atoms with Crippen LogP contribution in [0.1, 0.15) is 18.3 Å². The van der Waals surface area contributed by atoms with Crippen LogP contribution in [0, 0.1) is 0 Å². The van der Waals surface area contributed by atoms with E-state index in [1.165, 1.54) is 17.3 Å². The molecule has 0 saturated heterocycles. The van der Waals surface area contributed by atoms with Crippen LogP contribution >= 0.6 is 11.8 Å². The molecule has 0 bridgehead atoms. The summed E-state index contributed by atoms with van der Waals surface area (Å²) in [5.41, 5.74) is 3.10. The molecule has 0 N–H and O–H groups in total. The third-order valence-corrected chi connectivity index (χ3v) is 5.89. The maximum absolute atomic E-state index is 12.8. The second kappa shape index (κ2) is 8.06.